The number of para-hydroxylation sites is 1. The van der Waals surface area contributed by atoms with Crippen LogP contribution in [0.25, 0.3) is 10.9 Å². The molecule has 0 saturated heterocycles. The van der Waals surface area contributed by atoms with E-state index in [1.54, 1.807) is 13.0 Å². The fourth-order valence-electron chi connectivity index (χ4n) is 2.69. The maximum atomic E-state index is 12.5. The van der Waals surface area contributed by atoms with Crippen LogP contribution in [0.2, 0.25) is 0 Å². The molecule has 0 aliphatic carbocycles. The molecule has 0 aliphatic heterocycles. The van der Waals surface area contributed by atoms with Crippen LogP contribution in [0.15, 0.2) is 36.4 Å². The lowest BCUT2D eigenvalue weighted by molar-refractivity contribution is 0.0474. The first kappa shape index (κ1) is 16.3. The number of ketones is 1. The van der Waals surface area contributed by atoms with Crippen LogP contribution >= 0.6 is 11.3 Å². The number of pyridine rings is 1. The molecule has 0 atom stereocenters. The normalized spacial score (nSPS) is 10.8. The Kier molecular flexibility index (Phi) is 4.44. The minimum Gasteiger partial charge on any atom is -0.454 e. The third kappa shape index (κ3) is 3.08. The van der Waals surface area contributed by atoms with Crippen LogP contribution in [0.1, 0.15) is 36.2 Å². The highest BCUT2D eigenvalue weighted by Crippen LogP contribution is 2.23. The monoisotopic (exact) mass is 339 g/mol. The first-order valence-corrected chi connectivity index (χ1v) is 8.41. The number of carbonyl (C=O) groups excluding carboxylic acids is 2. The standard InChI is InChI=1S/C19H17NO3S/c1-11-8-9-17(24-11)16(21)10-23-19(22)18-12(2)14-6-4-5-7-15(14)20-13(18)3/h4-9H,10H2,1-3H3. The van der Waals surface area contributed by atoms with Crippen LogP contribution in [0.4, 0.5) is 0 Å². The van der Waals surface area contributed by atoms with Crippen LogP contribution in [0.3, 0.4) is 0 Å². The van der Waals surface area contributed by atoms with E-state index in [1.807, 2.05) is 44.2 Å². The van der Waals surface area contributed by atoms with E-state index in [-0.39, 0.29) is 12.4 Å². The number of hydrogen-bond acceptors (Lipinski definition) is 5. The molecule has 0 N–H and O–H groups in total. The van der Waals surface area contributed by atoms with Gasteiger partial charge in [-0.3, -0.25) is 9.78 Å². The summed E-state index contributed by atoms with van der Waals surface area (Å²) in [5, 5.41) is 0.912. The van der Waals surface area contributed by atoms with Crippen molar-refractivity contribution in [2.45, 2.75) is 20.8 Å². The van der Waals surface area contributed by atoms with Gasteiger partial charge in [-0.05, 0) is 44.5 Å². The molecule has 4 nitrogen and oxygen atoms in total. The molecule has 2 heterocycles. The third-order valence-electron chi connectivity index (χ3n) is 3.89. The molecule has 0 amide bonds. The van der Waals surface area contributed by atoms with E-state index in [0.29, 0.717) is 16.1 Å². The van der Waals surface area contributed by atoms with Gasteiger partial charge < -0.3 is 4.74 Å². The second-order valence-electron chi connectivity index (χ2n) is 5.62. The third-order valence-corrected chi connectivity index (χ3v) is 4.93. The van der Waals surface area contributed by atoms with Gasteiger partial charge in [0.15, 0.2) is 6.61 Å². The molecular formula is C19H17NO3S. The van der Waals surface area contributed by atoms with E-state index < -0.39 is 5.97 Å². The summed E-state index contributed by atoms with van der Waals surface area (Å²) < 4.78 is 5.24. The van der Waals surface area contributed by atoms with Gasteiger partial charge >= 0.3 is 5.97 Å². The van der Waals surface area contributed by atoms with Crippen molar-refractivity contribution in [1.82, 2.24) is 4.98 Å². The fraction of sp³-hybridized carbons (Fsp3) is 0.211. The van der Waals surface area contributed by atoms with Crippen LogP contribution in [0.5, 0.6) is 0 Å². The number of ether oxygens (including phenoxy) is 1. The summed E-state index contributed by atoms with van der Waals surface area (Å²) in [6, 6.07) is 11.3. The molecule has 5 heteroatoms. The number of aryl methyl sites for hydroxylation is 3. The molecule has 0 aliphatic rings. The minimum atomic E-state index is -0.509. The Morgan fingerprint density at radius 1 is 1.08 bits per heavy atom. The lowest BCUT2D eigenvalue weighted by atomic mass is 10.0. The van der Waals surface area contributed by atoms with Crippen LogP contribution in [-0.4, -0.2) is 23.3 Å². The van der Waals surface area contributed by atoms with Gasteiger partial charge in [0.25, 0.3) is 0 Å². The average Bonchev–Trinajstić information content (AvgIpc) is 2.99. The van der Waals surface area contributed by atoms with E-state index in [2.05, 4.69) is 4.98 Å². The number of rotatable bonds is 4. The SMILES string of the molecule is Cc1ccc(C(=O)COC(=O)c2c(C)nc3ccccc3c2C)s1. The van der Waals surface area contributed by atoms with Crippen molar-refractivity contribution in [1.29, 1.82) is 0 Å². The first-order valence-electron chi connectivity index (χ1n) is 7.60. The van der Waals surface area contributed by atoms with Gasteiger partial charge in [0, 0.05) is 10.3 Å². The number of nitrogens with zero attached hydrogens (tertiary/aromatic N) is 1. The second-order valence-corrected chi connectivity index (χ2v) is 6.91. The van der Waals surface area contributed by atoms with Gasteiger partial charge in [-0.15, -0.1) is 11.3 Å². The maximum absolute atomic E-state index is 12.5. The van der Waals surface area contributed by atoms with Crippen molar-refractivity contribution in [3.63, 3.8) is 0 Å². The van der Waals surface area contributed by atoms with Gasteiger partial charge in [0.05, 0.1) is 21.7 Å². The molecule has 3 aromatic rings. The highest BCUT2D eigenvalue weighted by molar-refractivity contribution is 7.14. The maximum Gasteiger partial charge on any atom is 0.340 e. The van der Waals surface area contributed by atoms with Crippen molar-refractivity contribution in [2.24, 2.45) is 0 Å². The van der Waals surface area contributed by atoms with Gasteiger partial charge in [-0.1, -0.05) is 18.2 Å². The van der Waals surface area contributed by atoms with Crippen molar-refractivity contribution in [3.8, 4) is 0 Å². The van der Waals surface area contributed by atoms with Gasteiger partial charge in [-0.2, -0.15) is 0 Å². The Morgan fingerprint density at radius 2 is 1.83 bits per heavy atom. The summed E-state index contributed by atoms with van der Waals surface area (Å²) in [7, 11) is 0. The second kappa shape index (κ2) is 6.53. The number of thiophene rings is 1. The molecular weight excluding hydrogens is 322 g/mol. The van der Waals surface area contributed by atoms with E-state index in [0.717, 1.165) is 21.3 Å². The molecule has 0 radical (unpaired) electrons. The highest BCUT2D eigenvalue weighted by Gasteiger charge is 2.19. The van der Waals surface area contributed by atoms with Gasteiger partial charge in [0.2, 0.25) is 5.78 Å². The molecule has 3 rings (SSSR count). The Labute approximate surface area is 144 Å². The summed E-state index contributed by atoms with van der Waals surface area (Å²) >= 11 is 1.40. The van der Waals surface area contributed by atoms with E-state index >= 15 is 0 Å². The number of hydrogen-bond donors (Lipinski definition) is 0. The zero-order valence-corrected chi connectivity index (χ0v) is 14.6. The van der Waals surface area contributed by atoms with Crippen molar-refractivity contribution >= 4 is 34.0 Å². The number of Topliss-reactive ketones (excluding diaryl/α,β-unsaturated/α-hetero) is 1. The molecule has 1 aromatic carbocycles. The zero-order chi connectivity index (χ0) is 17.3. The summed E-state index contributed by atoms with van der Waals surface area (Å²) in [5.74, 6) is -0.699. The van der Waals surface area contributed by atoms with Crippen LogP contribution < -0.4 is 0 Å². The van der Waals surface area contributed by atoms with Gasteiger partial charge in [-0.25, -0.2) is 4.79 Å². The summed E-state index contributed by atoms with van der Waals surface area (Å²) in [6.45, 7) is 5.32. The molecule has 122 valence electrons. The summed E-state index contributed by atoms with van der Waals surface area (Å²) in [6.07, 6.45) is 0. The molecule has 0 fully saturated rings. The predicted molar refractivity (Wildman–Crippen MR) is 94.9 cm³/mol. The Hall–Kier alpha value is -2.53. The van der Waals surface area contributed by atoms with Crippen molar-refractivity contribution in [3.05, 3.63) is 63.0 Å². The number of fused-ring (bicyclic) bond motifs is 1. The van der Waals surface area contributed by atoms with Crippen LogP contribution in [0, 0.1) is 20.8 Å². The Bertz CT molecular complexity index is 943. The van der Waals surface area contributed by atoms with Crippen molar-refractivity contribution < 1.29 is 14.3 Å². The first-order chi connectivity index (χ1) is 11.5. The van der Waals surface area contributed by atoms with Crippen molar-refractivity contribution in [2.75, 3.05) is 6.61 Å². The molecule has 0 unspecified atom stereocenters. The minimum absolute atomic E-state index is 0.189. The van der Waals surface area contributed by atoms with Crippen LogP contribution in [-0.2, 0) is 4.74 Å². The Morgan fingerprint density at radius 3 is 2.54 bits per heavy atom. The lowest BCUT2D eigenvalue weighted by Gasteiger charge is -2.11. The quantitative estimate of drug-likeness (QED) is 0.526. The zero-order valence-electron chi connectivity index (χ0n) is 13.8. The predicted octanol–water partition coefficient (Wildman–Crippen LogP) is 4.26. The van der Waals surface area contributed by atoms with Gasteiger partial charge in [0.1, 0.15) is 0 Å². The van der Waals surface area contributed by atoms with E-state index in [9.17, 15) is 9.59 Å². The van der Waals surface area contributed by atoms with E-state index in [1.165, 1.54) is 11.3 Å². The summed E-state index contributed by atoms with van der Waals surface area (Å²) in [5.41, 5.74) is 2.70. The lowest BCUT2D eigenvalue weighted by Crippen LogP contribution is -2.16. The fourth-order valence-corrected chi connectivity index (χ4v) is 3.48. The number of carbonyl (C=O) groups is 2. The largest absolute Gasteiger partial charge is 0.454 e. The number of esters is 1. The molecule has 0 bridgehead atoms. The number of aromatic nitrogens is 1. The highest BCUT2D eigenvalue weighted by atomic mass is 32.1. The molecule has 0 saturated carbocycles. The average molecular weight is 339 g/mol. The molecule has 2 aromatic heterocycles. The molecule has 24 heavy (non-hydrogen) atoms. The molecule has 0 spiro atoms. The smallest absolute Gasteiger partial charge is 0.340 e. The topological polar surface area (TPSA) is 56.3 Å². The Balaban J connectivity index is 1.82. The summed E-state index contributed by atoms with van der Waals surface area (Å²) in [4.78, 5) is 30.7. The number of benzene rings is 1. The van der Waals surface area contributed by atoms with E-state index in [4.69, 9.17) is 4.74 Å².